The minimum atomic E-state index is 0.167. The number of aryl methyl sites for hydroxylation is 2. The van der Waals surface area contributed by atoms with Crippen molar-refractivity contribution in [2.45, 2.75) is 19.9 Å². The molecule has 1 atom stereocenters. The standard InChI is InChI=1S/C15H21N3O2/c1-10-6-14(19-4)15(20-5)7-13(10)17-11(2)12-8-16-18(3)9-12/h6-9,11,17H,1-5H3. The Balaban J connectivity index is 2.24. The molecule has 0 aliphatic rings. The molecule has 2 aromatic rings. The molecule has 2 rings (SSSR count). The molecule has 1 heterocycles. The summed E-state index contributed by atoms with van der Waals surface area (Å²) < 4.78 is 12.4. The molecule has 0 spiro atoms. The molecule has 0 aliphatic carbocycles. The van der Waals surface area contributed by atoms with Gasteiger partial charge in [-0.2, -0.15) is 5.10 Å². The quantitative estimate of drug-likeness (QED) is 0.911. The molecule has 1 unspecified atom stereocenters. The molecule has 0 fully saturated rings. The molecular weight excluding hydrogens is 254 g/mol. The van der Waals surface area contributed by atoms with Crippen molar-refractivity contribution in [2.24, 2.45) is 7.05 Å². The lowest BCUT2D eigenvalue weighted by molar-refractivity contribution is 0.355. The van der Waals surface area contributed by atoms with E-state index >= 15 is 0 Å². The van der Waals surface area contributed by atoms with Crippen molar-refractivity contribution in [3.63, 3.8) is 0 Å². The van der Waals surface area contributed by atoms with Crippen LogP contribution in [-0.2, 0) is 7.05 Å². The van der Waals surface area contributed by atoms with Crippen molar-refractivity contribution in [2.75, 3.05) is 19.5 Å². The van der Waals surface area contributed by atoms with E-state index in [-0.39, 0.29) is 6.04 Å². The van der Waals surface area contributed by atoms with Crippen molar-refractivity contribution < 1.29 is 9.47 Å². The first-order chi connectivity index (χ1) is 9.55. The first-order valence-electron chi connectivity index (χ1n) is 6.53. The fourth-order valence-electron chi connectivity index (χ4n) is 2.12. The predicted octanol–water partition coefficient (Wildman–Crippen LogP) is 2.92. The van der Waals surface area contributed by atoms with Crippen LogP contribution in [0, 0.1) is 6.92 Å². The number of nitrogens with zero attached hydrogens (tertiary/aromatic N) is 2. The van der Waals surface area contributed by atoms with Crippen LogP contribution in [0.5, 0.6) is 11.5 Å². The maximum absolute atomic E-state index is 5.34. The van der Waals surface area contributed by atoms with Gasteiger partial charge in [0.1, 0.15) is 0 Å². The average Bonchev–Trinajstić information content (AvgIpc) is 2.87. The third-order valence-corrected chi connectivity index (χ3v) is 3.33. The topological polar surface area (TPSA) is 48.3 Å². The number of nitrogens with one attached hydrogen (secondary N) is 1. The van der Waals surface area contributed by atoms with E-state index in [2.05, 4.69) is 17.3 Å². The van der Waals surface area contributed by atoms with Gasteiger partial charge in [-0.25, -0.2) is 0 Å². The molecule has 5 nitrogen and oxygen atoms in total. The van der Waals surface area contributed by atoms with Gasteiger partial charge in [0.05, 0.1) is 26.5 Å². The lowest BCUT2D eigenvalue weighted by atomic mass is 10.1. The van der Waals surface area contributed by atoms with Crippen LogP contribution in [0.15, 0.2) is 24.5 Å². The van der Waals surface area contributed by atoms with Gasteiger partial charge in [0.15, 0.2) is 11.5 Å². The van der Waals surface area contributed by atoms with Crippen LogP contribution in [0.1, 0.15) is 24.1 Å². The summed E-state index contributed by atoms with van der Waals surface area (Å²) in [6.45, 7) is 4.15. The zero-order valence-corrected chi connectivity index (χ0v) is 12.6. The summed E-state index contributed by atoms with van der Waals surface area (Å²) in [7, 11) is 5.20. The number of rotatable bonds is 5. The van der Waals surface area contributed by atoms with E-state index in [1.165, 1.54) is 0 Å². The van der Waals surface area contributed by atoms with E-state index in [0.717, 1.165) is 28.3 Å². The molecule has 20 heavy (non-hydrogen) atoms. The van der Waals surface area contributed by atoms with Crippen molar-refractivity contribution in [3.05, 3.63) is 35.7 Å². The SMILES string of the molecule is COc1cc(C)c(NC(C)c2cnn(C)c2)cc1OC. The zero-order chi connectivity index (χ0) is 14.7. The summed E-state index contributed by atoms with van der Waals surface area (Å²) in [5.41, 5.74) is 3.28. The molecule has 0 amide bonds. The van der Waals surface area contributed by atoms with Crippen molar-refractivity contribution in [1.82, 2.24) is 9.78 Å². The number of aromatic nitrogens is 2. The van der Waals surface area contributed by atoms with Crippen LogP contribution in [0.4, 0.5) is 5.69 Å². The van der Waals surface area contributed by atoms with Crippen LogP contribution >= 0.6 is 0 Å². The number of hydrogen-bond donors (Lipinski definition) is 1. The fraction of sp³-hybridized carbons (Fsp3) is 0.400. The summed E-state index contributed by atoms with van der Waals surface area (Å²) in [6.07, 6.45) is 3.88. The molecule has 0 saturated heterocycles. The van der Waals surface area contributed by atoms with Gasteiger partial charge < -0.3 is 14.8 Å². The Kier molecular flexibility index (Phi) is 4.17. The van der Waals surface area contributed by atoms with E-state index in [1.54, 1.807) is 18.9 Å². The van der Waals surface area contributed by atoms with Gasteiger partial charge in [0.2, 0.25) is 0 Å². The van der Waals surface area contributed by atoms with Gasteiger partial charge in [-0.05, 0) is 25.5 Å². The minimum Gasteiger partial charge on any atom is -0.493 e. The molecule has 0 aliphatic heterocycles. The zero-order valence-electron chi connectivity index (χ0n) is 12.6. The van der Waals surface area contributed by atoms with E-state index < -0.39 is 0 Å². The van der Waals surface area contributed by atoms with Crippen molar-refractivity contribution >= 4 is 5.69 Å². The Labute approximate surface area is 119 Å². The van der Waals surface area contributed by atoms with Gasteiger partial charge in [-0.1, -0.05) is 0 Å². The number of methoxy groups -OCH3 is 2. The second-order valence-electron chi connectivity index (χ2n) is 4.84. The highest BCUT2D eigenvalue weighted by Crippen LogP contribution is 2.34. The fourth-order valence-corrected chi connectivity index (χ4v) is 2.12. The molecule has 1 N–H and O–H groups in total. The third-order valence-electron chi connectivity index (χ3n) is 3.33. The molecular formula is C15H21N3O2. The van der Waals surface area contributed by atoms with Gasteiger partial charge in [0, 0.05) is 30.6 Å². The summed E-state index contributed by atoms with van der Waals surface area (Å²) >= 11 is 0. The Hall–Kier alpha value is -2.17. The van der Waals surface area contributed by atoms with Crippen LogP contribution in [0.25, 0.3) is 0 Å². The first kappa shape index (κ1) is 14.2. The normalized spacial score (nSPS) is 12.1. The number of benzene rings is 1. The summed E-state index contributed by atoms with van der Waals surface area (Å²) in [4.78, 5) is 0. The summed E-state index contributed by atoms with van der Waals surface area (Å²) in [6, 6.07) is 4.10. The van der Waals surface area contributed by atoms with E-state index in [0.29, 0.717) is 0 Å². The second-order valence-corrected chi connectivity index (χ2v) is 4.84. The van der Waals surface area contributed by atoms with Gasteiger partial charge in [0.25, 0.3) is 0 Å². The molecule has 1 aromatic carbocycles. The highest BCUT2D eigenvalue weighted by molar-refractivity contribution is 5.60. The second kappa shape index (κ2) is 5.86. The number of ether oxygens (including phenoxy) is 2. The van der Waals surface area contributed by atoms with Crippen LogP contribution in [0.2, 0.25) is 0 Å². The minimum absolute atomic E-state index is 0.167. The third kappa shape index (κ3) is 2.87. The molecule has 0 radical (unpaired) electrons. The monoisotopic (exact) mass is 275 g/mol. The van der Waals surface area contributed by atoms with Gasteiger partial charge in [-0.3, -0.25) is 4.68 Å². The largest absolute Gasteiger partial charge is 0.493 e. The number of anilines is 1. The Bertz CT molecular complexity index is 593. The molecule has 5 heteroatoms. The van der Waals surface area contributed by atoms with E-state index in [4.69, 9.17) is 9.47 Å². The molecule has 108 valence electrons. The Morgan fingerprint density at radius 1 is 1.20 bits per heavy atom. The first-order valence-corrected chi connectivity index (χ1v) is 6.53. The lowest BCUT2D eigenvalue weighted by Gasteiger charge is -2.18. The number of hydrogen-bond acceptors (Lipinski definition) is 4. The smallest absolute Gasteiger partial charge is 0.162 e. The Morgan fingerprint density at radius 3 is 2.40 bits per heavy atom. The highest BCUT2D eigenvalue weighted by atomic mass is 16.5. The molecule has 1 aromatic heterocycles. The van der Waals surface area contributed by atoms with E-state index in [9.17, 15) is 0 Å². The van der Waals surface area contributed by atoms with Crippen LogP contribution < -0.4 is 14.8 Å². The predicted molar refractivity (Wildman–Crippen MR) is 79.5 cm³/mol. The van der Waals surface area contributed by atoms with Gasteiger partial charge >= 0.3 is 0 Å². The van der Waals surface area contributed by atoms with Crippen molar-refractivity contribution in [3.8, 4) is 11.5 Å². The molecule has 0 bridgehead atoms. The van der Waals surface area contributed by atoms with Gasteiger partial charge in [-0.15, -0.1) is 0 Å². The van der Waals surface area contributed by atoms with E-state index in [1.807, 2.05) is 38.5 Å². The average molecular weight is 275 g/mol. The summed E-state index contributed by atoms with van der Waals surface area (Å²) in [5.74, 6) is 1.46. The highest BCUT2D eigenvalue weighted by Gasteiger charge is 2.12. The maximum atomic E-state index is 5.34. The summed E-state index contributed by atoms with van der Waals surface area (Å²) in [5, 5.41) is 7.67. The van der Waals surface area contributed by atoms with Crippen molar-refractivity contribution in [1.29, 1.82) is 0 Å². The maximum Gasteiger partial charge on any atom is 0.162 e. The Morgan fingerprint density at radius 2 is 1.85 bits per heavy atom. The molecule has 0 saturated carbocycles. The lowest BCUT2D eigenvalue weighted by Crippen LogP contribution is -2.07. The van der Waals surface area contributed by atoms with Crippen LogP contribution in [0.3, 0.4) is 0 Å². The van der Waals surface area contributed by atoms with Crippen LogP contribution in [-0.4, -0.2) is 24.0 Å².